The van der Waals surface area contributed by atoms with Crippen LogP contribution in [0.5, 0.6) is 5.88 Å². The van der Waals surface area contributed by atoms with Crippen LogP contribution in [0.25, 0.3) is 38.5 Å². The standard InChI is InChI=1S/C22H17N3O/c1-24-10-8-15-6-7-19(12-21(15)24)25-14-18-5-4-16(11-20(18)22(25)26)17-3-2-9-23-13-17/h2-14,26H,1H3. The summed E-state index contributed by atoms with van der Waals surface area (Å²) >= 11 is 0. The van der Waals surface area contributed by atoms with Crippen molar-refractivity contribution in [1.82, 2.24) is 14.1 Å². The number of fused-ring (bicyclic) bond motifs is 2. The van der Waals surface area contributed by atoms with Gasteiger partial charge in [-0.2, -0.15) is 0 Å². The normalized spacial score (nSPS) is 11.4. The number of nitrogens with zero attached hydrogens (tertiary/aromatic N) is 3. The average Bonchev–Trinajstić information content (AvgIpc) is 3.22. The van der Waals surface area contributed by atoms with E-state index in [0.29, 0.717) is 0 Å². The van der Waals surface area contributed by atoms with Crippen LogP contribution in [-0.4, -0.2) is 19.2 Å². The first-order valence-electron chi connectivity index (χ1n) is 8.51. The molecule has 0 bridgehead atoms. The zero-order chi connectivity index (χ0) is 17.7. The summed E-state index contributed by atoms with van der Waals surface area (Å²) < 4.78 is 3.92. The highest BCUT2D eigenvalue weighted by atomic mass is 16.3. The fraction of sp³-hybridized carbons (Fsp3) is 0.0455. The monoisotopic (exact) mass is 339 g/mol. The molecule has 0 aliphatic carbocycles. The minimum absolute atomic E-state index is 0.249. The highest BCUT2D eigenvalue weighted by molar-refractivity contribution is 5.93. The Balaban J connectivity index is 1.68. The van der Waals surface area contributed by atoms with Gasteiger partial charge in [-0.25, -0.2) is 0 Å². The molecule has 4 nitrogen and oxygen atoms in total. The second-order valence-electron chi connectivity index (χ2n) is 6.54. The van der Waals surface area contributed by atoms with E-state index in [9.17, 15) is 5.11 Å². The van der Waals surface area contributed by atoms with Crippen LogP contribution in [0.3, 0.4) is 0 Å². The summed E-state index contributed by atoms with van der Waals surface area (Å²) in [6, 6.07) is 18.3. The number of aryl methyl sites for hydroxylation is 1. The van der Waals surface area contributed by atoms with E-state index in [1.54, 1.807) is 6.20 Å². The van der Waals surface area contributed by atoms with E-state index in [1.165, 1.54) is 5.39 Å². The number of benzene rings is 2. The molecule has 1 N–H and O–H groups in total. The predicted molar refractivity (Wildman–Crippen MR) is 105 cm³/mol. The number of aromatic hydroxyl groups is 1. The van der Waals surface area contributed by atoms with E-state index in [4.69, 9.17) is 0 Å². The van der Waals surface area contributed by atoms with Crippen molar-refractivity contribution in [2.75, 3.05) is 0 Å². The quantitative estimate of drug-likeness (QED) is 0.497. The maximum absolute atomic E-state index is 10.8. The van der Waals surface area contributed by atoms with Crippen molar-refractivity contribution >= 4 is 21.7 Å². The average molecular weight is 339 g/mol. The Labute approximate surface area is 150 Å². The van der Waals surface area contributed by atoms with Crippen LogP contribution in [0.2, 0.25) is 0 Å². The lowest BCUT2D eigenvalue weighted by Crippen LogP contribution is -1.92. The third-order valence-electron chi connectivity index (χ3n) is 4.94. The van der Waals surface area contributed by atoms with Gasteiger partial charge in [0.1, 0.15) is 0 Å². The summed E-state index contributed by atoms with van der Waals surface area (Å²) in [7, 11) is 2.03. The lowest BCUT2D eigenvalue weighted by atomic mass is 10.1. The first kappa shape index (κ1) is 14.8. The van der Waals surface area contributed by atoms with E-state index in [2.05, 4.69) is 33.8 Å². The van der Waals surface area contributed by atoms with E-state index in [-0.39, 0.29) is 5.88 Å². The summed E-state index contributed by atoms with van der Waals surface area (Å²) in [5, 5.41) is 13.9. The molecule has 2 aromatic carbocycles. The highest BCUT2D eigenvalue weighted by Gasteiger charge is 2.12. The molecule has 3 heterocycles. The summed E-state index contributed by atoms with van der Waals surface area (Å²) in [6.07, 6.45) is 7.61. The van der Waals surface area contributed by atoms with Crippen molar-refractivity contribution in [3.05, 3.63) is 79.4 Å². The maximum atomic E-state index is 10.8. The number of aromatic nitrogens is 3. The van der Waals surface area contributed by atoms with Crippen molar-refractivity contribution in [2.45, 2.75) is 0 Å². The van der Waals surface area contributed by atoms with Gasteiger partial charge in [0.2, 0.25) is 5.88 Å². The minimum Gasteiger partial charge on any atom is -0.494 e. The van der Waals surface area contributed by atoms with Crippen LogP contribution in [0, 0.1) is 0 Å². The molecular weight excluding hydrogens is 322 g/mol. The minimum atomic E-state index is 0.249. The molecule has 0 aliphatic heterocycles. The van der Waals surface area contributed by atoms with Crippen LogP contribution >= 0.6 is 0 Å². The van der Waals surface area contributed by atoms with Gasteiger partial charge in [-0.05, 0) is 41.3 Å². The third-order valence-corrected chi connectivity index (χ3v) is 4.94. The van der Waals surface area contributed by atoms with Gasteiger partial charge in [0.15, 0.2) is 0 Å². The topological polar surface area (TPSA) is 43.0 Å². The van der Waals surface area contributed by atoms with Crippen molar-refractivity contribution in [3.63, 3.8) is 0 Å². The van der Waals surface area contributed by atoms with Crippen molar-refractivity contribution < 1.29 is 5.11 Å². The van der Waals surface area contributed by atoms with Crippen molar-refractivity contribution in [1.29, 1.82) is 0 Å². The molecule has 5 aromatic rings. The number of hydrogen-bond acceptors (Lipinski definition) is 2. The smallest absolute Gasteiger partial charge is 0.203 e. The van der Waals surface area contributed by atoms with Gasteiger partial charge in [0.25, 0.3) is 0 Å². The summed E-state index contributed by atoms with van der Waals surface area (Å²) in [5.74, 6) is 0.249. The molecule has 5 rings (SSSR count). The maximum Gasteiger partial charge on any atom is 0.203 e. The molecule has 4 heteroatoms. The van der Waals surface area contributed by atoms with Crippen LogP contribution in [0.1, 0.15) is 0 Å². The Hall–Kier alpha value is -3.53. The van der Waals surface area contributed by atoms with Crippen LogP contribution in [0.15, 0.2) is 79.4 Å². The first-order chi connectivity index (χ1) is 12.7. The molecule has 0 spiro atoms. The molecule has 3 aromatic heterocycles. The number of pyridine rings is 1. The Bertz CT molecular complexity index is 1250. The second-order valence-corrected chi connectivity index (χ2v) is 6.54. The molecule has 0 amide bonds. The molecule has 0 saturated carbocycles. The Morgan fingerprint density at radius 2 is 1.81 bits per heavy atom. The van der Waals surface area contributed by atoms with Gasteiger partial charge in [-0.15, -0.1) is 0 Å². The molecule has 0 radical (unpaired) electrons. The molecule has 0 aliphatic rings. The van der Waals surface area contributed by atoms with Gasteiger partial charge >= 0.3 is 0 Å². The molecular formula is C22H17N3O. The second kappa shape index (κ2) is 5.49. The summed E-state index contributed by atoms with van der Waals surface area (Å²) in [4.78, 5) is 4.18. The van der Waals surface area contributed by atoms with E-state index in [0.717, 1.165) is 33.1 Å². The van der Waals surface area contributed by atoms with Crippen LogP contribution < -0.4 is 0 Å². The zero-order valence-electron chi connectivity index (χ0n) is 14.3. The fourth-order valence-corrected chi connectivity index (χ4v) is 3.50. The molecule has 0 saturated heterocycles. The molecule has 26 heavy (non-hydrogen) atoms. The van der Waals surface area contributed by atoms with Crippen molar-refractivity contribution in [2.24, 2.45) is 7.05 Å². The first-order valence-corrected chi connectivity index (χ1v) is 8.51. The SMILES string of the molecule is Cn1ccc2ccc(-n3cc4ccc(-c5cccnc5)cc4c3O)cc21. The molecule has 0 unspecified atom stereocenters. The fourth-order valence-electron chi connectivity index (χ4n) is 3.50. The summed E-state index contributed by atoms with van der Waals surface area (Å²) in [6.45, 7) is 0. The van der Waals surface area contributed by atoms with Gasteiger partial charge < -0.3 is 9.67 Å². The van der Waals surface area contributed by atoms with Crippen LogP contribution in [0.4, 0.5) is 0 Å². The van der Waals surface area contributed by atoms with E-state index < -0.39 is 0 Å². The van der Waals surface area contributed by atoms with Gasteiger partial charge in [-0.1, -0.05) is 24.3 Å². The highest BCUT2D eigenvalue weighted by Crippen LogP contribution is 2.34. The van der Waals surface area contributed by atoms with E-state index in [1.807, 2.05) is 60.5 Å². The zero-order valence-corrected chi connectivity index (χ0v) is 14.3. The number of rotatable bonds is 2. The summed E-state index contributed by atoms with van der Waals surface area (Å²) in [5.41, 5.74) is 4.15. The van der Waals surface area contributed by atoms with Crippen molar-refractivity contribution in [3.8, 4) is 22.7 Å². The Morgan fingerprint density at radius 3 is 2.65 bits per heavy atom. The number of hydrogen-bond donors (Lipinski definition) is 1. The molecule has 126 valence electrons. The lowest BCUT2D eigenvalue weighted by molar-refractivity contribution is 0.448. The Kier molecular flexibility index (Phi) is 3.12. The van der Waals surface area contributed by atoms with Gasteiger partial charge in [0, 0.05) is 53.7 Å². The largest absolute Gasteiger partial charge is 0.494 e. The lowest BCUT2D eigenvalue weighted by Gasteiger charge is -2.06. The van der Waals surface area contributed by atoms with Crippen LogP contribution in [-0.2, 0) is 7.05 Å². The molecule has 0 atom stereocenters. The third kappa shape index (κ3) is 2.19. The molecule has 0 fully saturated rings. The predicted octanol–water partition coefficient (Wildman–Crippen LogP) is 4.89. The van der Waals surface area contributed by atoms with E-state index >= 15 is 0 Å². The van der Waals surface area contributed by atoms with Gasteiger partial charge in [-0.3, -0.25) is 9.55 Å². The Morgan fingerprint density at radius 1 is 0.923 bits per heavy atom. The van der Waals surface area contributed by atoms with Gasteiger partial charge in [0.05, 0.1) is 5.69 Å².